The van der Waals surface area contributed by atoms with Crippen molar-refractivity contribution in [1.82, 2.24) is 10.3 Å². The highest BCUT2D eigenvalue weighted by atomic mass is 14.9. The Morgan fingerprint density at radius 3 is 3.42 bits per heavy atom. The second-order valence-corrected chi connectivity index (χ2v) is 3.00. The number of pyridine rings is 1. The molecule has 2 heterocycles. The number of nitrogens with one attached hydrogen (secondary N) is 1. The fourth-order valence-electron chi connectivity index (χ4n) is 1.50. The van der Waals surface area contributed by atoms with Crippen molar-refractivity contribution in [3.63, 3.8) is 0 Å². The van der Waals surface area contributed by atoms with Crippen LogP contribution in [0.15, 0.2) is 24.4 Å². The Labute approximate surface area is 78.6 Å². The first-order valence-electron chi connectivity index (χ1n) is 6.29. The van der Waals surface area contributed by atoms with Gasteiger partial charge in [-0.2, -0.15) is 0 Å². The Hall–Kier alpha value is -0.890. The van der Waals surface area contributed by atoms with Gasteiger partial charge in [0.1, 0.15) is 0 Å². The molecule has 1 aliphatic rings. The SMILES string of the molecule is [2H]c1nc([2H])c([C@H]2CCCCN2)c([2H])c1[2H]. The molecule has 1 N–H and O–H groups in total. The molecule has 0 bridgehead atoms. The van der Waals surface area contributed by atoms with E-state index in [1.807, 2.05) is 0 Å². The molecule has 2 rings (SSSR count). The molecule has 0 saturated carbocycles. The topological polar surface area (TPSA) is 24.9 Å². The van der Waals surface area contributed by atoms with Crippen molar-refractivity contribution in [3.8, 4) is 0 Å². The summed E-state index contributed by atoms with van der Waals surface area (Å²) in [4.78, 5) is 3.69. The summed E-state index contributed by atoms with van der Waals surface area (Å²) in [6.45, 7) is 0.875. The normalized spacial score (nSPS) is 28.5. The van der Waals surface area contributed by atoms with E-state index in [0.29, 0.717) is 5.56 Å². The Morgan fingerprint density at radius 2 is 2.58 bits per heavy atom. The van der Waals surface area contributed by atoms with Gasteiger partial charge in [-0.3, -0.25) is 4.98 Å². The largest absolute Gasteiger partial charge is 0.310 e. The monoisotopic (exact) mass is 166 g/mol. The lowest BCUT2D eigenvalue weighted by atomic mass is 9.99. The molecule has 1 atom stereocenters. The highest BCUT2D eigenvalue weighted by Crippen LogP contribution is 2.21. The third-order valence-electron chi connectivity index (χ3n) is 2.14. The number of nitrogens with zero attached hydrogens (tertiary/aromatic N) is 1. The highest BCUT2D eigenvalue weighted by Gasteiger charge is 2.13. The Balaban J connectivity index is 2.42. The first kappa shape index (κ1) is 4.38. The third kappa shape index (κ3) is 1.64. The Bertz CT molecular complexity index is 402. The van der Waals surface area contributed by atoms with Gasteiger partial charge in [0.15, 0.2) is 0 Å². The fraction of sp³-hybridized carbons (Fsp3) is 0.500. The maximum atomic E-state index is 7.81. The molecule has 2 heteroatoms. The minimum atomic E-state index is -0.283. The maximum absolute atomic E-state index is 7.81. The van der Waals surface area contributed by atoms with E-state index in [2.05, 4.69) is 10.3 Å². The highest BCUT2D eigenvalue weighted by molar-refractivity contribution is 5.14. The van der Waals surface area contributed by atoms with Gasteiger partial charge in [-0.15, -0.1) is 0 Å². The molecule has 1 aromatic rings. The van der Waals surface area contributed by atoms with E-state index in [1.165, 1.54) is 0 Å². The van der Waals surface area contributed by atoms with Crippen LogP contribution in [0.25, 0.3) is 0 Å². The smallest absolute Gasteiger partial charge is 0.0843 e. The first-order valence-corrected chi connectivity index (χ1v) is 4.29. The van der Waals surface area contributed by atoms with Crippen LogP contribution in [0.4, 0.5) is 0 Å². The molecule has 0 radical (unpaired) electrons. The molecule has 1 aliphatic heterocycles. The number of aromatic nitrogens is 1. The number of hydrogen-bond acceptors (Lipinski definition) is 2. The van der Waals surface area contributed by atoms with Crippen LogP contribution in [0.1, 0.15) is 36.4 Å². The van der Waals surface area contributed by atoms with Crippen LogP contribution < -0.4 is 5.32 Å². The number of piperidine rings is 1. The summed E-state index contributed by atoms with van der Waals surface area (Å²) in [6, 6.07) is -0.256. The molecular formula is C10H14N2. The summed E-state index contributed by atoms with van der Waals surface area (Å²) in [5, 5.41) is 3.24. The van der Waals surface area contributed by atoms with Gasteiger partial charge in [-0.05, 0) is 31.0 Å². The standard InChI is InChI=1S/C10H14N2/c1-2-7-12-10(5-1)9-4-3-6-11-8-9/h3-4,6,8,10,12H,1-2,5,7H2/t10-/m1/s1/i3D,4D,6D,8D. The molecule has 1 fully saturated rings. The molecule has 0 unspecified atom stereocenters. The van der Waals surface area contributed by atoms with E-state index >= 15 is 0 Å². The van der Waals surface area contributed by atoms with Gasteiger partial charge in [-0.1, -0.05) is 12.5 Å². The summed E-state index contributed by atoms with van der Waals surface area (Å²) in [6.07, 6.45) is 2.72. The van der Waals surface area contributed by atoms with Crippen LogP contribution in [0.5, 0.6) is 0 Å². The van der Waals surface area contributed by atoms with Crippen molar-refractivity contribution >= 4 is 0 Å². The minimum Gasteiger partial charge on any atom is -0.310 e. The predicted molar refractivity (Wildman–Crippen MR) is 48.8 cm³/mol. The zero-order valence-electron chi connectivity index (χ0n) is 10.9. The number of hydrogen-bond donors (Lipinski definition) is 1. The Morgan fingerprint density at radius 1 is 1.58 bits per heavy atom. The van der Waals surface area contributed by atoms with Gasteiger partial charge in [0.25, 0.3) is 0 Å². The molecule has 12 heavy (non-hydrogen) atoms. The van der Waals surface area contributed by atoms with Gasteiger partial charge in [0.05, 0.1) is 5.48 Å². The average Bonchev–Trinajstić information content (AvgIpc) is 2.28. The molecular weight excluding hydrogens is 148 g/mol. The van der Waals surface area contributed by atoms with Crippen molar-refractivity contribution in [2.24, 2.45) is 0 Å². The van der Waals surface area contributed by atoms with E-state index < -0.39 is 0 Å². The molecule has 0 aromatic carbocycles. The second kappa shape index (κ2) is 3.68. The predicted octanol–water partition coefficient (Wildman–Crippen LogP) is 1.90. The van der Waals surface area contributed by atoms with Gasteiger partial charge in [-0.25, -0.2) is 0 Å². The maximum Gasteiger partial charge on any atom is 0.0843 e. The average molecular weight is 166 g/mol. The van der Waals surface area contributed by atoms with E-state index in [9.17, 15) is 0 Å². The Kier molecular flexibility index (Phi) is 1.34. The summed E-state index contributed by atoms with van der Waals surface area (Å²) in [7, 11) is 0. The van der Waals surface area contributed by atoms with E-state index in [4.69, 9.17) is 5.48 Å². The summed E-state index contributed by atoms with van der Waals surface area (Å²) in [5.74, 6) is 0. The molecule has 0 aliphatic carbocycles. The third-order valence-corrected chi connectivity index (χ3v) is 2.14. The van der Waals surface area contributed by atoms with E-state index in [0.717, 1.165) is 25.8 Å². The molecule has 1 saturated heterocycles. The molecule has 0 amide bonds. The zero-order chi connectivity index (χ0) is 11.7. The molecule has 2 nitrogen and oxygen atoms in total. The minimum absolute atomic E-state index is 0.0237. The van der Waals surface area contributed by atoms with Crippen molar-refractivity contribution in [2.75, 3.05) is 6.54 Å². The van der Waals surface area contributed by atoms with Crippen LogP contribution in [-0.2, 0) is 0 Å². The molecule has 1 aromatic heterocycles. The van der Waals surface area contributed by atoms with Gasteiger partial charge in [0, 0.05) is 18.4 Å². The van der Waals surface area contributed by atoms with Crippen molar-refractivity contribution in [3.05, 3.63) is 30.0 Å². The summed E-state index contributed by atoms with van der Waals surface area (Å²) in [5.41, 5.74) is 0.473. The lowest BCUT2D eigenvalue weighted by Crippen LogP contribution is -2.26. The van der Waals surface area contributed by atoms with Gasteiger partial charge in [0.2, 0.25) is 0 Å². The zero-order valence-corrected chi connectivity index (χ0v) is 6.85. The molecule has 0 spiro atoms. The second-order valence-electron chi connectivity index (χ2n) is 3.00. The van der Waals surface area contributed by atoms with E-state index in [-0.39, 0.29) is 30.5 Å². The lowest BCUT2D eigenvalue weighted by Gasteiger charge is -2.23. The van der Waals surface area contributed by atoms with Crippen LogP contribution in [0.2, 0.25) is 0 Å². The van der Waals surface area contributed by atoms with Crippen LogP contribution in [-0.4, -0.2) is 11.5 Å². The van der Waals surface area contributed by atoms with E-state index in [1.54, 1.807) is 0 Å². The molecule has 64 valence electrons. The fourth-order valence-corrected chi connectivity index (χ4v) is 1.50. The van der Waals surface area contributed by atoms with Crippen molar-refractivity contribution in [2.45, 2.75) is 25.3 Å². The first-order chi connectivity index (χ1) is 7.61. The van der Waals surface area contributed by atoms with Gasteiger partial charge >= 0.3 is 0 Å². The summed E-state index contributed by atoms with van der Waals surface area (Å²) < 4.78 is 30.4. The van der Waals surface area contributed by atoms with Gasteiger partial charge < -0.3 is 5.32 Å². The van der Waals surface area contributed by atoms with Crippen molar-refractivity contribution < 1.29 is 5.48 Å². The van der Waals surface area contributed by atoms with Crippen LogP contribution in [0.3, 0.4) is 0 Å². The lowest BCUT2D eigenvalue weighted by molar-refractivity contribution is 0.411. The quantitative estimate of drug-likeness (QED) is 0.689. The van der Waals surface area contributed by atoms with Crippen LogP contribution >= 0.6 is 0 Å². The van der Waals surface area contributed by atoms with Crippen LogP contribution in [0, 0.1) is 0 Å². The summed E-state index contributed by atoms with van der Waals surface area (Å²) >= 11 is 0. The van der Waals surface area contributed by atoms with Crippen molar-refractivity contribution in [1.29, 1.82) is 0 Å². The number of rotatable bonds is 1.